The molecule has 7 heteroatoms. The second kappa shape index (κ2) is 10.2. The van der Waals surface area contributed by atoms with Gasteiger partial charge in [-0.05, 0) is 69.1 Å². The largest absolute Gasteiger partial charge is 0.497 e. The van der Waals surface area contributed by atoms with Gasteiger partial charge in [0.05, 0.1) is 19.2 Å². The van der Waals surface area contributed by atoms with E-state index in [2.05, 4.69) is 29.6 Å². The normalized spacial score (nSPS) is 20.2. The quantitative estimate of drug-likeness (QED) is 0.690. The van der Waals surface area contributed by atoms with E-state index in [1.807, 2.05) is 24.3 Å². The van der Waals surface area contributed by atoms with Gasteiger partial charge in [0.1, 0.15) is 11.6 Å². The van der Waals surface area contributed by atoms with Gasteiger partial charge < -0.3 is 20.3 Å². The number of methoxy groups -OCH3 is 1. The van der Waals surface area contributed by atoms with E-state index >= 15 is 0 Å². The average Bonchev–Trinajstić information content (AvgIpc) is 2.80. The van der Waals surface area contributed by atoms with Crippen LogP contribution in [0.2, 0.25) is 0 Å². The third kappa shape index (κ3) is 5.50. The minimum absolute atomic E-state index is 0.0725. The van der Waals surface area contributed by atoms with Crippen molar-refractivity contribution in [2.75, 3.05) is 31.4 Å². The molecule has 0 spiro atoms. The van der Waals surface area contributed by atoms with Gasteiger partial charge in [0.25, 0.3) is 0 Å². The zero-order chi connectivity index (χ0) is 22.5. The number of aromatic nitrogens is 2. The summed E-state index contributed by atoms with van der Waals surface area (Å²) in [5.41, 5.74) is 3.49. The molecule has 4 rings (SSSR count). The standard InChI is InChI=1S/C25H35N5O2/c1-30(2)24-21-9-4-5-10-22(21)28-25(29-24)27-19-13-11-18(12-14-19)26-23(31)16-17-7-6-8-20(15-17)32-3/h6-8,15,18-19H,4-5,9-14,16H2,1-3H3,(H,26,31)(H,27,28,29). The van der Waals surface area contributed by atoms with Crippen molar-refractivity contribution in [3.8, 4) is 5.75 Å². The Hall–Kier alpha value is -2.83. The number of rotatable bonds is 7. The monoisotopic (exact) mass is 437 g/mol. The van der Waals surface area contributed by atoms with Gasteiger partial charge in [-0.2, -0.15) is 4.98 Å². The Bertz CT molecular complexity index is 938. The number of amides is 1. The minimum Gasteiger partial charge on any atom is -0.497 e. The molecule has 1 heterocycles. The van der Waals surface area contributed by atoms with Crippen LogP contribution in [0.5, 0.6) is 5.75 Å². The number of carbonyl (C=O) groups excluding carboxylic acids is 1. The Morgan fingerprint density at radius 3 is 2.59 bits per heavy atom. The van der Waals surface area contributed by atoms with E-state index in [-0.39, 0.29) is 11.9 Å². The molecule has 0 atom stereocenters. The van der Waals surface area contributed by atoms with Crippen LogP contribution < -0.4 is 20.3 Å². The fraction of sp³-hybridized carbons (Fsp3) is 0.560. The van der Waals surface area contributed by atoms with Gasteiger partial charge in [-0.1, -0.05) is 12.1 Å². The van der Waals surface area contributed by atoms with Gasteiger partial charge in [0.15, 0.2) is 0 Å². The number of fused-ring (bicyclic) bond motifs is 1. The molecule has 1 aromatic heterocycles. The van der Waals surface area contributed by atoms with E-state index < -0.39 is 0 Å². The second-order valence-corrected chi connectivity index (χ2v) is 9.19. The molecule has 1 aromatic carbocycles. The third-order valence-corrected chi connectivity index (χ3v) is 6.51. The van der Waals surface area contributed by atoms with Crippen LogP contribution in [0.1, 0.15) is 55.3 Å². The molecule has 0 bridgehead atoms. The Labute approximate surface area is 191 Å². The summed E-state index contributed by atoms with van der Waals surface area (Å²) in [5, 5.41) is 6.79. The smallest absolute Gasteiger partial charge is 0.225 e. The van der Waals surface area contributed by atoms with E-state index in [0.29, 0.717) is 12.5 Å². The van der Waals surface area contributed by atoms with Crippen molar-refractivity contribution in [3.63, 3.8) is 0 Å². The molecule has 1 amide bonds. The average molecular weight is 438 g/mol. The molecule has 0 radical (unpaired) electrons. The number of carbonyl (C=O) groups is 1. The van der Waals surface area contributed by atoms with Crippen LogP contribution in [-0.2, 0) is 24.1 Å². The van der Waals surface area contributed by atoms with Crippen LogP contribution in [0, 0.1) is 0 Å². The van der Waals surface area contributed by atoms with Crippen molar-refractivity contribution in [2.45, 2.75) is 69.9 Å². The maximum atomic E-state index is 12.5. The number of hydrogen-bond acceptors (Lipinski definition) is 6. The van der Waals surface area contributed by atoms with Gasteiger partial charge in [0, 0.05) is 31.7 Å². The van der Waals surface area contributed by atoms with Crippen molar-refractivity contribution < 1.29 is 9.53 Å². The van der Waals surface area contributed by atoms with Crippen molar-refractivity contribution in [1.29, 1.82) is 0 Å². The summed E-state index contributed by atoms with van der Waals surface area (Å²) in [6.45, 7) is 0. The van der Waals surface area contributed by atoms with Crippen LogP contribution >= 0.6 is 0 Å². The van der Waals surface area contributed by atoms with Crippen molar-refractivity contribution in [2.24, 2.45) is 0 Å². The fourth-order valence-electron chi connectivity index (χ4n) is 4.82. The summed E-state index contributed by atoms with van der Waals surface area (Å²) in [6.07, 6.45) is 8.85. The summed E-state index contributed by atoms with van der Waals surface area (Å²) >= 11 is 0. The lowest BCUT2D eigenvalue weighted by Gasteiger charge is -2.30. The third-order valence-electron chi connectivity index (χ3n) is 6.51. The molecular formula is C25H35N5O2. The Morgan fingerprint density at radius 2 is 1.84 bits per heavy atom. The molecule has 0 unspecified atom stereocenters. The number of hydrogen-bond donors (Lipinski definition) is 2. The van der Waals surface area contributed by atoms with Gasteiger partial charge >= 0.3 is 0 Å². The van der Waals surface area contributed by atoms with E-state index in [0.717, 1.165) is 61.6 Å². The summed E-state index contributed by atoms with van der Waals surface area (Å²) in [5.74, 6) is 2.66. The van der Waals surface area contributed by atoms with E-state index in [1.54, 1.807) is 7.11 Å². The maximum absolute atomic E-state index is 12.5. The van der Waals surface area contributed by atoms with Crippen LogP contribution in [0.3, 0.4) is 0 Å². The molecule has 0 aliphatic heterocycles. The number of anilines is 2. The SMILES string of the molecule is COc1cccc(CC(=O)NC2CCC(Nc3nc4c(c(N(C)C)n3)CCCC4)CC2)c1. The zero-order valence-electron chi connectivity index (χ0n) is 19.5. The molecule has 0 saturated heterocycles. The Kier molecular flexibility index (Phi) is 7.12. The lowest BCUT2D eigenvalue weighted by atomic mass is 9.91. The zero-order valence-corrected chi connectivity index (χ0v) is 19.5. The number of nitrogens with one attached hydrogen (secondary N) is 2. The molecule has 1 fully saturated rings. The highest BCUT2D eigenvalue weighted by atomic mass is 16.5. The minimum atomic E-state index is 0.0725. The summed E-state index contributed by atoms with van der Waals surface area (Å²) < 4.78 is 5.25. The molecule has 2 aliphatic rings. The first kappa shape index (κ1) is 22.4. The lowest BCUT2D eigenvalue weighted by molar-refractivity contribution is -0.121. The highest BCUT2D eigenvalue weighted by molar-refractivity contribution is 5.79. The van der Waals surface area contributed by atoms with Crippen LogP contribution in [0.4, 0.5) is 11.8 Å². The Balaban J connectivity index is 1.29. The number of ether oxygens (including phenoxy) is 1. The molecule has 2 aliphatic carbocycles. The first-order valence-corrected chi connectivity index (χ1v) is 11.8. The summed E-state index contributed by atoms with van der Waals surface area (Å²) in [7, 11) is 5.75. The van der Waals surface area contributed by atoms with Gasteiger partial charge in [-0.3, -0.25) is 4.79 Å². The summed E-state index contributed by atoms with van der Waals surface area (Å²) in [4.78, 5) is 24.3. The van der Waals surface area contributed by atoms with Crippen molar-refractivity contribution in [1.82, 2.24) is 15.3 Å². The number of benzene rings is 1. The van der Waals surface area contributed by atoms with Crippen LogP contribution in [0.25, 0.3) is 0 Å². The van der Waals surface area contributed by atoms with Crippen LogP contribution in [0.15, 0.2) is 24.3 Å². The van der Waals surface area contributed by atoms with Crippen molar-refractivity contribution >= 4 is 17.7 Å². The number of aryl methyl sites for hydroxylation is 1. The molecule has 32 heavy (non-hydrogen) atoms. The van der Waals surface area contributed by atoms with Crippen LogP contribution in [-0.4, -0.2) is 49.2 Å². The molecule has 2 N–H and O–H groups in total. The summed E-state index contributed by atoms with van der Waals surface area (Å²) in [6, 6.07) is 8.27. The molecule has 1 saturated carbocycles. The predicted octanol–water partition coefficient (Wildman–Crippen LogP) is 3.51. The molecular weight excluding hydrogens is 402 g/mol. The lowest BCUT2D eigenvalue weighted by Crippen LogP contribution is -2.41. The number of nitrogens with zero attached hydrogens (tertiary/aromatic N) is 3. The molecule has 2 aromatic rings. The van der Waals surface area contributed by atoms with Gasteiger partial charge in [-0.15, -0.1) is 0 Å². The highest BCUT2D eigenvalue weighted by Crippen LogP contribution is 2.29. The van der Waals surface area contributed by atoms with Gasteiger partial charge in [0.2, 0.25) is 11.9 Å². The van der Waals surface area contributed by atoms with E-state index in [4.69, 9.17) is 14.7 Å². The molecule has 7 nitrogen and oxygen atoms in total. The topological polar surface area (TPSA) is 79.4 Å². The Morgan fingerprint density at radius 1 is 1.09 bits per heavy atom. The molecule has 172 valence electrons. The second-order valence-electron chi connectivity index (χ2n) is 9.19. The van der Waals surface area contributed by atoms with Gasteiger partial charge in [-0.25, -0.2) is 4.98 Å². The fourth-order valence-corrected chi connectivity index (χ4v) is 4.82. The van der Waals surface area contributed by atoms with Crippen molar-refractivity contribution in [3.05, 3.63) is 41.1 Å². The predicted molar refractivity (Wildman–Crippen MR) is 128 cm³/mol. The van der Waals surface area contributed by atoms with E-state index in [1.165, 1.54) is 24.1 Å². The first-order chi connectivity index (χ1) is 15.5. The first-order valence-electron chi connectivity index (χ1n) is 11.8. The highest BCUT2D eigenvalue weighted by Gasteiger charge is 2.25. The van der Waals surface area contributed by atoms with E-state index in [9.17, 15) is 4.79 Å². The maximum Gasteiger partial charge on any atom is 0.225 e.